The van der Waals surface area contributed by atoms with Crippen molar-refractivity contribution in [2.45, 2.75) is 39.5 Å². The summed E-state index contributed by atoms with van der Waals surface area (Å²) in [5.41, 5.74) is 1.89. The molecule has 0 spiro atoms. The van der Waals surface area contributed by atoms with Crippen molar-refractivity contribution in [3.8, 4) is 5.75 Å². The molecule has 0 aliphatic heterocycles. The number of aromatic hydroxyl groups is 1. The number of rotatable bonds is 6. The van der Waals surface area contributed by atoms with Crippen LogP contribution in [0.1, 0.15) is 58.0 Å². The van der Waals surface area contributed by atoms with Gasteiger partial charge in [0.15, 0.2) is 0 Å². The Labute approximate surface area is 147 Å². The summed E-state index contributed by atoms with van der Waals surface area (Å²) in [6.45, 7) is 3.83. The molecular formula is C20H24O5. The molecule has 0 heterocycles. The van der Waals surface area contributed by atoms with E-state index in [-0.39, 0.29) is 11.1 Å². The van der Waals surface area contributed by atoms with Crippen LogP contribution in [0.5, 0.6) is 5.75 Å². The summed E-state index contributed by atoms with van der Waals surface area (Å²) in [7, 11) is 0. The number of hydrogen-bond donors (Lipinski definition) is 3. The molecule has 0 aliphatic rings. The van der Waals surface area contributed by atoms with Gasteiger partial charge in [-0.05, 0) is 55.2 Å². The lowest BCUT2D eigenvalue weighted by molar-refractivity contribution is 0.0695. The van der Waals surface area contributed by atoms with Crippen molar-refractivity contribution in [2.24, 2.45) is 0 Å². The van der Waals surface area contributed by atoms with Crippen molar-refractivity contribution in [2.75, 3.05) is 0 Å². The van der Waals surface area contributed by atoms with Gasteiger partial charge in [-0.3, -0.25) is 0 Å². The SMILES string of the molecule is CCCCCc1ccc(O)cc1.Cc1ccc(C(=O)O)cc1C(=O)O. The number of carboxylic acid groups (broad SMARTS) is 2. The monoisotopic (exact) mass is 344 g/mol. The van der Waals surface area contributed by atoms with Gasteiger partial charge in [0, 0.05) is 0 Å². The van der Waals surface area contributed by atoms with Gasteiger partial charge >= 0.3 is 11.9 Å². The van der Waals surface area contributed by atoms with Gasteiger partial charge in [-0.1, -0.05) is 38.0 Å². The first kappa shape index (κ1) is 20.2. The Balaban J connectivity index is 0.000000251. The van der Waals surface area contributed by atoms with Crippen LogP contribution in [0, 0.1) is 6.92 Å². The van der Waals surface area contributed by atoms with Gasteiger partial charge < -0.3 is 15.3 Å². The highest BCUT2D eigenvalue weighted by Gasteiger charge is 2.10. The van der Waals surface area contributed by atoms with Gasteiger partial charge in [-0.2, -0.15) is 0 Å². The molecule has 0 aliphatic carbocycles. The van der Waals surface area contributed by atoms with Gasteiger partial charge in [-0.25, -0.2) is 9.59 Å². The van der Waals surface area contributed by atoms with Crippen molar-refractivity contribution < 1.29 is 24.9 Å². The molecule has 0 fully saturated rings. The van der Waals surface area contributed by atoms with E-state index in [1.165, 1.54) is 37.0 Å². The van der Waals surface area contributed by atoms with Crippen molar-refractivity contribution >= 4 is 11.9 Å². The van der Waals surface area contributed by atoms with E-state index in [1.54, 1.807) is 19.1 Å². The molecule has 134 valence electrons. The second-order valence-electron chi connectivity index (χ2n) is 5.76. The largest absolute Gasteiger partial charge is 0.508 e. The predicted octanol–water partition coefficient (Wildman–Crippen LogP) is 4.52. The molecule has 0 saturated heterocycles. The number of phenolic OH excluding ortho intramolecular Hbond substituents is 1. The fourth-order valence-electron chi connectivity index (χ4n) is 2.23. The standard InChI is InChI=1S/C11H16O.C9H8O4/c1-2-3-4-5-10-6-8-11(12)9-7-10;1-5-2-3-6(8(10)11)4-7(5)9(12)13/h6-9,12H,2-5H2,1H3;2-4H,1H3,(H,10,11)(H,12,13). The van der Waals surface area contributed by atoms with Crippen LogP contribution in [0.4, 0.5) is 0 Å². The Morgan fingerprint density at radius 1 is 0.920 bits per heavy atom. The van der Waals surface area contributed by atoms with Crippen molar-refractivity contribution in [1.29, 1.82) is 0 Å². The summed E-state index contributed by atoms with van der Waals surface area (Å²) in [5, 5.41) is 26.3. The highest BCUT2D eigenvalue weighted by atomic mass is 16.4. The fraction of sp³-hybridized carbons (Fsp3) is 0.300. The molecule has 25 heavy (non-hydrogen) atoms. The van der Waals surface area contributed by atoms with E-state index in [9.17, 15) is 9.59 Å². The quantitative estimate of drug-likeness (QED) is 0.670. The third-order valence-electron chi connectivity index (χ3n) is 3.72. The summed E-state index contributed by atoms with van der Waals surface area (Å²) in [6.07, 6.45) is 4.94. The number of carbonyl (C=O) groups is 2. The van der Waals surface area contributed by atoms with Crippen LogP contribution in [-0.2, 0) is 6.42 Å². The maximum atomic E-state index is 10.6. The van der Waals surface area contributed by atoms with Crippen molar-refractivity contribution in [1.82, 2.24) is 0 Å². The van der Waals surface area contributed by atoms with E-state index in [0.717, 1.165) is 12.5 Å². The van der Waals surface area contributed by atoms with Crippen LogP contribution in [0.2, 0.25) is 0 Å². The maximum absolute atomic E-state index is 10.6. The topological polar surface area (TPSA) is 94.8 Å². The number of aromatic carboxylic acids is 2. The first-order valence-electron chi connectivity index (χ1n) is 8.20. The molecule has 2 rings (SSSR count). The Kier molecular flexibility index (Phi) is 8.19. The van der Waals surface area contributed by atoms with E-state index in [2.05, 4.69) is 6.92 Å². The van der Waals surface area contributed by atoms with E-state index in [4.69, 9.17) is 15.3 Å². The zero-order chi connectivity index (χ0) is 18.8. The molecule has 2 aromatic rings. The van der Waals surface area contributed by atoms with E-state index < -0.39 is 11.9 Å². The van der Waals surface area contributed by atoms with Gasteiger partial charge in [0.2, 0.25) is 0 Å². The minimum atomic E-state index is -1.12. The van der Waals surface area contributed by atoms with E-state index in [1.807, 2.05) is 12.1 Å². The molecule has 0 atom stereocenters. The smallest absolute Gasteiger partial charge is 0.335 e. The lowest BCUT2D eigenvalue weighted by atomic mass is 10.1. The van der Waals surface area contributed by atoms with Crippen LogP contribution in [-0.4, -0.2) is 27.3 Å². The molecule has 0 radical (unpaired) electrons. The van der Waals surface area contributed by atoms with Crippen LogP contribution in [0.15, 0.2) is 42.5 Å². The summed E-state index contributed by atoms with van der Waals surface area (Å²) in [6, 6.07) is 11.5. The minimum absolute atomic E-state index is 0.0111. The third kappa shape index (κ3) is 7.08. The zero-order valence-corrected chi connectivity index (χ0v) is 14.5. The van der Waals surface area contributed by atoms with Gasteiger partial charge in [0.25, 0.3) is 0 Å². The number of phenols is 1. The van der Waals surface area contributed by atoms with Crippen LogP contribution < -0.4 is 0 Å². The van der Waals surface area contributed by atoms with Gasteiger partial charge in [-0.15, -0.1) is 0 Å². The molecule has 0 saturated carbocycles. The molecule has 5 nitrogen and oxygen atoms in total. The number of carboxylic acids is 2. The van der Waals surface area contributed by atoms with E-state index >= 15 is 0 Å². The number of unbranched alkanes of at least 4 members (excludes halogenated alkanes) is 2. The maximum Gasteiger partial charge on any atom is 0.335 e. The van der Waals surface area contributed by atoms with Crippen LogP contribution in [0.25, 0.3) is 0 Å². The average molecular weight is 344 g/mol. The molecule has 0 bridgehead atoms. The van der Waals surface area contributed by atoms with Crippen molar-refractivity contribution in [3.63, 3.8) is 0 Å². The molecule has 0 amide bonds. The Bertz CT molecular complexity index is 705. The first-order valence-corrected chi connectivity index (χ1v) is 8.20. The third-order valence-corrected chi connectivity index (χ3v) is 3.72. The van der Waals surface area contributed by atoms with Crippen molar-refractivity contribution in [3.05, 3.63) is 64.7 Å². The summed E-state index contributed by atoms with van der Waals surface area (Å²) >= 11 is 0. The second kappa shape index (κ2) is 10.1. The summed E-state index contributed by atoms with van der Waals surface area (Å²) in [4.78, 5) is 21.1. The van der Waals surface area contributed by atoms with Crippen LogP contribution in [0.3, 0.4) is 0 Å². The zero-order valence-electron chi connectivity index (χ0n) is 14.5. The number of benzene rings is 2. The van der Waals surface area contributed by atoms with Gasteiger partial charge in [0.1, 0.15) is 5.75 Å². The normalized spacial score (nSPS) is 9.84. The molecule has 0 aromatic heterocycles. The predicted molar refractivity (Wildman–Crippen MR) is 96.4 cm³/mol. The highest BCUT2D eigenvalue weighted by Crippen LogP contribution is 2.12. The lowest BCUT2D eigenvalue weighted by Gasteiger charge is -2.01. The molecule has 0 unspecified atom stereocenters. The highest BCUT2D eigenvalue weighted by molar-refractivity contribution is 5.94. The molecule has 2 aromatic carbocycles. The molecule has 5 heteroatoms. The Hall–Kier alpha value is -2.82. The molecular weight excluding hydrogens is 320 g/mol. The summed E-state index contributed by atoms with van der Waals surface area (Å²) < 4.78 is 0. The second-order valence-corrected chi connectivity index (χ2v) is 5.76. The van der Waals surface area contributed by atoms with E-state index in [0.29, 0.717) is 11.3 Å². The Morgan fingerprint density at radius 2 is 1.56 bits per heavy atom. The lowest BCUT2D eigenvalue weighted by Crippen LogP contribution is -2.03. The average Bonchev–Trinajstić information content (AvgIpc) is 2.57. The summed E-state index contributed by atoms with van der Waals surface area (Å²) in [5.74, 6) is -1.88. The number of hydrogen-bond acceptors (Lipinski definition) is 3. The number of aryl methyl sites for hydroxylation is 2. The van der Waals surface area contributed by atoms with Gasteiger partial charge in [0.05, 0.1) is 11.1 Å². The first-order chi connectivity index (χ1) is 11.8. The molecule has 3 N–H and O–H groups in total. The van der Waals surface area contributed by atoms with Crippen LogP contribution >= 0.6 is 0 Å². The Morgan fingerprint density at radius 3 is 2.08 bits per heavy atom. The fourth-order valence-corrected chi connectivity index (χ4v) is 2.23. The minimum Gasteiger partial charge on any atom is -0.508 e.